The van der Waals surface area contributed by atoms with Crippen LogP contribution in [0.25, 0.3) is 0 Å². The van der Waals surface area contributed by atoms with Crippen molar-refractivity contribution in [3.8, 4) is 0 Å². The van der Waals surface area contributed by atoms with Gasteiger partial charge in [0.15, 0.2) is 6.10 Å². The zero-order chi connectivity index (χ0) is 46.5. The molecule has 0 bridgehead atoms. The van der Waals surface area contributed by atoms with E-state index in [9.17, 15) is 14.4 Å². The summed E-state index contributed by atoms with van der Waals surface area (Å²) in [6, 6.07) is 0. The highest BCUT2D eigenvalue weighted by molar-refractivity contribution is 5.72. The Morgan fingerprint density at radius 2 is 0.734 bits per heavy atom. The summed E-state index contributed by atoms with van der Waals surface area (Å²) in [4.78, 5) is 37.8. The van der Waals surface area contributed by atoms with E-state index in [-0.39, 0.29) is 44.4 Å². The monoisotopic (exact) mass is 881 g/mol. The number of hydrogen-bond donors (Lipinski definition) is 0. The van der Waals surface area contributed by atoms with Crippen LogP contribution in [0, 0.1) is 0 Å². The molecule has 0 spiro atoms. The maximum atomic E-state index is 12.8. The van der Waals surface area contributed by atoms with Crippen molar-refractivity contribution in [3.05, 3.63) is 146 Å². The Morgan fingerprint density at radius 3 is 1.25 bits per heavy atom. The van der Waals surface area contributed by atoms with Crippen LogP contribution in [0.5, 0.6) is 0 Å². The van der Waals surface area contributed by atoms with Crippen molar-refractivity contribution in [1.82, 2.24) is 0 Å². The van der Waals surface area contributed by atoms with Gasteiger partial charge in [-0.25, -0.2) is 0 Å². The summed E-state index contributed by atoms with van der Waals surface area (Å²) in [5, 5.41) is 0. The van der Waals surface area contributed by atoms with Crippen LogP contribution in [0.15, 0.2) is 146 Å². The van der Waals surface area contributed by atoms with E-state index in [1.54, 1.807) is 6.08 Å². The molecule has 0 N–H and O–H groups in total. The van der Waals surface area contributed by atoms with Crippen molar-refractivity contribution in [2.45, 2.75) is 187 Å². The second-order valence-electron chi connectivity index (χ2n) is 15.8. The highest BCUT2D eigenvalue weighted by atomic mass is 16.6. The summed E-state index contributed by atoms with van der Waals surface area (Å²) in [6.07, 6.45) is 72.9. The van der Waals surface area contributed by atoms with Gasteiger partial charge >= 0.3 is 17.9 Å². The number of hydrogen-bond acceptors (Lipinski definition) is 6. The number of rotatable bonds is 42. The quantitative estimate of drug-likeness (QED) is 0.0200. The number of unbranched alkanes of at least 4 members (excludes halogenated alkanes) is 15. The molecule has 0 aromatic heterocycles. The average molecular weight is 881 g/mol. The third kappa shape index (κ3) is 48.3. The molecule has 356 valence electrons. The summed E-state index contributed by atoms with van der Waals surface area (Å²) in [6.45, 7) is 6.19. The Hall–Kier alpha value is -4.71. The standard InChI is InChI=1S/C58H88O6/c1-4-7-10-13-16-19-21-23-25-27-29-31-32-34-36-39-42-45-48-51-57(60)63-54-55(53-62-56(59)50-47-44-41-38-18-15-12-9-6-3)64-58(61)52-49-46-43-40-37-35-33-30-28-26-24-22-20-17-14-11-8-5-2/h7,9-10,12-13,16,18-19,21,23,25-34,36,38,44,47,55H,4-6,8,11,14-15,17,20,22,24,35,37,39-43,45-46,48-54H2,1-3H3/b10-7-,12-9-,16-13-,21-19-,25-23-,28-26-,29-27+,32-31-,33-30-,36-34-,38-18-,47-44-. The SMILES string of the molecule is CC\C=C/C=C\C=C/C=C\C=C\C=C/C=C\CCCCCC(=O)OCC(COC(=O)C/C=C\C/C=C\C/C=C\CC)OC(=O)CCCCCCC/C=C\C=C/CCCCCCCCC. The minimum absolute atomic E-state index is 0.115. The van der Waals surface area contributed by atoms with Gasteiger partial charge in [0, 0.05) is 12.8 Å². The molecular formula is C58H88O6. The summed E-state index contributed by atoms with van der Waals surface area (Å²) in [7, 11) is 0. The molecule has 0 rings (SSSR count). The van der Waals surface area contributed by atoms with Crippen LogP contribution in [-0.4, -0.2) is 37.2 Å². The van der Waals surface area contributed by atoms with Gasteiger partial charge in [0.25, 0.3) is 0 Å². The van der Waals surface area contributed by atoms with Gasteiger partial charge < -0.3 is 14.2 Å². The number of allylic oxidation sites excluding steroid dienone is 23. The van der Waals surface area contributed by atoms with Gasteiger partial charge in [-0.1, -0.05) is 231 Å². The van der Waals surface area contributed by atoms with Gasteiger partial charge in [0.2, 0.25) is 0 Å². The van der Waals surface area contributed by atoms with E-state index in [1.165, 1.54) is 44.9 Å². The van der Waals surface area contributed by atoms with Crippen molar-refractivity contribution in [2.24, 2.45) is 0 Å². The summed E-state index contributed by atoms with van der Waals surface area (Å²) < 4.78 is 16.6. The molecule has 0 aliphatic carbocycles. The van der Waals surface area contributed by atoms with Crippen LogP contribution in [0.3, 0.4) is 0 Å². The number of esters is 3. The second kappa shape index (κ2) is 50.9. The van der Waals surface area contributed by atoms with Crippen molar-refractivity contribution in [3.63, 3.8) is 0 Å². The molecule has 6 heteroatoms. The molecule has 0 saturated heterocycles. The minimum Gasteiger partial charge on any atom is -0.462 e. The summed E-state index contributed by atoms with van der Waals surface area (Å²) in [5.74, 6) is -1.14. The lowest BCUT2D eigenvalue weighted by Crippen LogP contribution is -2.30. The molecule has 0 amide bonds. The van der Waals surface area contributed by atoms with E-state index in [2.05, 4.69) is 81.5 Å². The molecule has 0 aliphatic rings. The van der Waals surface area contributed by atoms with Crippen LogP contribution >= 0.6 is 0 Å². The summed E-state index contributed by atoms with van der Waals surface area (Å²) >= 11 is 0. The fourth-order valence-corrected chi connectivity index (χ4v) is 6.12. The zero-order valence-corrected chi connectivity index (χ0v) is 40.5. The molecule has 0 aromatic rings. The van der Waals surface area contributed by atoms with Crippen LogP contribution < -0.4 is 0 Å². The van der Waals surface area contributed by atoms with Gasteiger partial charge in [-0.05, 0) is 77.0 Å². The maximum absolute atomic E-state index is 12.8. The molecule has 1 atom stereocenters. The van der Waals surface area contributed by atoms with Gasteiger partial charge in [-0.15, -0.1) is 0 Å². The lowest BCUT2D eigenvalue weighted by Gasteiger charge is -2.18. The Morgan fingerprint density at radius 1 is 0.359 bits per heavy atom. The van der Waals surface area contributed by atoms with Crippen molar-refractivity contribution < 1.29 is 28.6 Å². The normalized spacial score (nSPS) is 13.4. The first kappa shape index (κ1) is 59.3. The van der Waals surface area contributed by atoms with Crippen molar-refractivity contribution in [1.29, 1.82) is 0 Å². The molecule has 0 aromatic carbocycles. The number of carbonyl (C=O) groups is 3. The number of ether oxygens (including phenoxy) is 3. The first-order valence-electron chi connectivity index (χ1n) is 25.0. The second-order valence-corrected chi connectivity index (χ2v) is 15.8. The predicted octanol–water partition coefficient (Wildman–Crippen LogP) is 16.5. The Bertz CT molecular complexity index is 1480. The fraction of sp³-hybridized carbons (Fsp3) is 0.534. The van der Waals surface area contributed by atoms with E-state index in [4.69, 9.17) is 14.2 Å². The van der Waals surface area contributed by atoms with E-state index in [0.717, 1.165) is 89.9 Å². The van der Waals surface area contributed by atoms with Crippen molar-refractivity contribution >= 4 is 17.9 Å². The van der Waals surface area contributed by atoms with Gasteiger partial charge in [-0.3, -0.25) is 14.4 Å². The van der Waals surface area contributed by atoms with Crippen LogP contribution in [-0.2, 0) is 28.6 Å². The van der Waals surface area contributed by atoms with Gasteiger partial charge in [0.05, 0.1) is 6.42 Å². The first-order valence-corrected chi connectivity index (χ1v) is 25.0. The minimum atomic E-state index is -0.846. The highest BCUT2D eigenvalue weighted by Gasteiger charge is 2.19. The zero-order valence-electron chi connectivity index (χ0n) is 40.5. The van der Waals surface area contributed by atoms with Crippen LogP contribution in [0.4, 0.5) is 0 Å². The maximum Gasteiger partial charge on any atom is 0.309 e. The molecule has 0 fully saturated rings. The molecule has 6 nitrogen and oxygen atoms in total. The van der Waals surface area contributed by atoms with Crippen LogP contribution in [0.1, 0.15) is 181 Å². The van der Waals surface area contributed by atoms with E-state index in [1.807, 2.05) is 79.0 Å². The Labute approximate surface area is 391 Å². The third-order valence-electron chi connectivity index (χ3n) is 9.81. The molecular weight excluding hydrogens is 793 g/mol. The molecule has 64 heavy (non-hydrogen) atoms. The molecule has 1 unspecified atom stereocenters. The lowest BCUT2D eigenvalue weighted by atomic mass is 10.1. The average Bonchev–Trinajstić information content (AvgIpc) is 3.29. The van der Waals surface area contributed by atoms with E-state index < -0.39 is 12.1 Å². The number of carbonyl (C=O) groups excluding carboxylic acids is 3. The van der Waals surface area contributed by atoms with Gasteiger partial charge in [0.1, 0.15) is 13.2 Å². The molecule has 0 saturated carbocycles. The van der Waals surface area contributed by atoms with Crippen LogP contribution in [0.2, 0.25) is 0 Å². The van der Waals surface area contributed by atoms with E-state index in [0.29, 0.717) is 6.42 Å². The highest BCUT2D eigenvalue weighted by Crippen LogP contribution is 2.12. The third-order valence-corrected chi connectivity index (χ3v) is 9.81. The predicted molar refractivity (Wildman–Crippen MR) is 274 cm³/mol. The Balaban J connectivity index is 4.55. The molecule has 0 heterocycles. The fourth-order valence-electron chi connectivity index (χ4n) is 6.12. The topological polar surface area (TPSA) is 78.9 Å². The first-order chi connectivity index (χ1) is 31.5. The van der Waals surface area contributed by atoms with E-state index >= 15 is 0 Å². The lowest BCUT2D eigenvalue weighted by molar-refractivity contribution is -0.166. The Kier molecular flexibility index (Phi) is 47.2. The van der Waals surface area contributed by atoms with Crippen molar-refractivity contribution in [2.75, 3.05) is 13.2 Å². The van der Waals surface area contributed by atoms with Gasteiger partial charge in [-0.2, -0.15) is 0 Å². The largest absolute Gasteiger partial charge is 0.462 e. The smallest absolute Gasteiger partial charge is 0.309 e. The molecule has 0 radical (unpaired) electrons. The summed E-state index contributed by atoms with van der Waals surface area (Å²) in [5.41, 5.74) is 0. The molecule has 0 aliphatic heterocycles.